The molecule has 94 valence electrons. The molecule has 0 radical (unpaired) electrons. The molecule has 18 heavy (non-hydrogen) atoms. The molecule has 3 atom stereocenters. The van der Waals surface area contributed by atoms with Crippen LogP contribution in [0.2, 0.25) is 0 Å². The molecule has 0 bridgehead atoms. The van der Waals surface area contributed by atoms with E-state index in [-0.39, 0.29) is 6.04 Å². The lowest BCUT2D eigenvalue weighted by molar-refractivity contribution is 0.454. The Morgan fingerprint density at radius 1 is 1.39 bits per heavy atom. The number of nitrogens with one attached hydrogen (secondary N) is 1. The van der Waals surface area contributed by atoms with E-state index in [1.165, 1.54) is 6.42 Å². The van der Waals surface area contributed by atoms with E-state index < -0.39 is 0 Å². The Morgan fingerprint density at radius 3 is 2.72 bits per heavy atom. The van der Waals surface area contributed by atoms with Gasteiger partial charge in [-0.05, 0) is 30.4 Å². The second-order valence-corrected chi connectivity index (χ2v) is 4.93. The van der Waals surface area contributed by atoms with E-state index in [1.807, 2.05) is 35.0 Å². The molecule has 3 N–H and O–H groups in total. The predicted octanol–water partition coefficient (Wildman–Crippen LogP) is 1.43. The smallest absolute Gasteiger partial charge is 0.0831 e. The summed E-state index contributed by atoms with van der Waals surface area (Å²) in [4.78, 5) is 0. The summed E-state index contributed by atoms with van der Waals surface area (Å²) in [6, 6.07) is 10.1. The molecule has 2 aromatic rings. The van der Waals surface area contributed by atoms with Crippen molar-refractivity contribution in [1.82, 2.24) is 20.4 Å². The highest BCUT2D eigenvalue weighted by molar-refractivity contribution is 5.32. The van der Waals surface area contributed by atoms with Gasteiger partial charge in [-0.15, -0.1) is 5.10 Å². The summed E-state index contributed by atoms with van der Waals surface area (Å²) in [6.45, 7) is 2.24. The lowest BCUT2D eigenvalue weighted by Gasteiger charge is -2.16. The Labute approximate surface area is 106 Å². The normalized spacial score (nSPS) is 23.9. The Hall–Kier alpha value is -1.72. The average molecular weight is 243 g/mol. The van der Waals surface area contributed by atoms with Crippen molar-refractivity contribution in [3.63, 3.8) is 0 Å². The van der Waals surface area contributed by atoms with E-state index in [4.69, 9.17) is 5.84 Å². The summed E-state index contributed by atoms with van der Waals surface area (Å²) < 4.78 is 1.86. The fourth-order valence-electron chi connectivity index (χ4n) is 2.47. The number of hydrogen-bond donors (Lipinski definition) is 2. The number of nitrogens with two attached hydrogens (primary N) is 1. The molecule has 1 aromatic carbocycles. The Kier molecular flexibility index (Phi) is 2.85. The van der Waals surface area contributed by atoms with Gasteiger partial charge in [0.15, 0.2) is 0 Å². The molecule has 1 aliphatic rings. The molecule has 1 aliphatic carbocycles. The predicted molar refractivity (Wildman–Crippen MR) is 68.7 cm³/mol. The van der Waals surface area contributed by atoms with Crippen LogP contribution in [-0.4, -0.2) is 15.0 Å². The summed E-state index contributed by atoms with van der Waals surface area (Å²) in [6.07, 6.45) is 3.00. The number of benzene rings is 1. The van der Waals surface area contributed by atoms with Crippen LogP contribution in [0.25, 0.3) is 5.69 Å². The van der Waals surface area contributed by atoms with Gasteiger partial charge in [-0.1, -0.05) is 30.3 Å². The average Bonchev–Trinajstić information content (AvgIpc) is 2.93. The van der Waals surface area contributed by atoms with Crippen molar-refractivity contribution < 1.29 is 0 Å². The zero-order chi connectivity index (χ0) is 12.5. The largest absolute Gasteiger partial charge is 0.271 e. The van der Waals surface area contributed by atoms with E-state index in [0.717, 1.165) is 11.4 Å². The van der Waals surface area contributed by atoms with E-state index in [9.17, 15) is 0 Å². The van der Waals surface area contributed by atoms with Gasteiger partial charge < -0.3 is 0 Å². The highest BCUT2D eigenvalue weighted by Gasteiger charge is 2.41. The zero-order valence-corrected chi connectivity index (χ0v) is 10.3. The number of aromatic nitrogens is 3. The first kappa shape index (κ1) is 11.4. The fourth-order valence-corrected chi connectivity index (χ4v) is 2.47. The molecular weight excluding hydrogens is 226 g/mol. The van der Waals surface area contributed by atoms with E-state index in [2.05, 4.69) is 22.7 Å². The molecule has 3 rings (SSSR count). The molecule has 5 nitrogen and oxygen atoms in total. The van der Waals surface area contributed by atoms with Gasteiger partial charge >= 0.3 is 0 Å². The van der Waals surface area contributed by atoms with Crippen molar-refractivity contribution in [2.45, 2.75) is 19.4 Å². The maximum Gasteiger partial charge on any atom is 0.0831 e. The minimum absolute atomic E-state index is 0.121. The van der Waals surface area contributed by atoms with Crippen LogP contribution in [0.1, 0.15) is 25.1 Å². The lowest BCUT2D eigenvalue weighted by Crippen LogP contribution is -2.31. The molecule has 0 amide bonds. The molecule has 0 aliphatic heterocycles. The SMILES string of the molecule is CC1CC1C(NN)c1cnnn1-c1ccccc1. The van der Waals surface area contributed by atoms with E-state index in [1.54, 1.807) is 6.20 Å². The Balaban J connectivity index is 1.96. The van der Waals surface area contributed by atoms with E-state index in [0.29, 0.717) is 11.8 Å². The number of hydrogen-bond acceptors (Lipinski definition) is 4. The van der Waals surface area contributed by atoms with Gasteiger partial charge in [-0.25, -0.2) is 4.68 Å². The molecule has 3 unspecified atom stereocenters. The summed E-state index contributed by atoms with van der Waals surface area (Å²) in [5.74, 6) is 6.99. The fraction of sp³-hybridized carbons (Fsp3) is 0.385. The summed E-state index contributed by atoms with van der Waals surface area (Å²) in [5.41, 5.74) is 4.94. The van der Waals surface area contributed by atoms with Crippen LogP contribution in [0.5, 0.6) is 0 Å². The van der Waals surface area contributed by atoms with Crippen molar-refractivity contribution in [3.05, 3.63) is 42.2 Å². The third-order valence-electron chi connectivity index (χ3n) is 3.67. The number of para-hydroxylation sites is 1. The van der Waals surface area contributed by atoms with Crippen molar-refractivity contribution in [2.24, 2.45) is 17.7 Å². The lowest BCUT2D eigenvalue weighted by atomic mass is 10.1. The maximum absolute atomic E-state index is 5.70. The van der Waals surface area contributed by atoms with Gasteiger partial charge in [0.05, 0.1) is 23.6 Å². The van der Waals surface area contributed by atoms with Gasteiger partial charge in [0.25, 0.3) is 0 Å². The second kappa shape index (κ2) is 4.51. The minimum Gasteiger partial charge on any atom is -0.271 e. The van der Waals surface area contributed by atoms with Gasteiger partial charge in [0.2, 0.25) is 0 Å². The first-order valence-electron chi connectivity index (χ1n) is 6.23. The maximum atomic E-state index is 5.70. The second-order valence-electron chi connectivity index (χ2n) is 4.93. The third-order valence-corrected chi connectivity index (χ3v) is 3.67. The quantitative estimate of drug-likeness (QED) is 0.629. The monoisotopic (exact) mass is 243 g/mol. The standard InChI is InChI=1S/C13H17N5/c1-9-7-11(9)13(16-14)12-8-15-17-18(12)10-5-3-2-4-6-10/h2-6,8-9,11,13,16H,7,14H2,1H3. The topological polar surface area (TPSA) is 68.8 Å². The molecule has 0 spiro atoms. The van der Waals surface area contributed by atoms with Gasteiger partial charge in [-0.3, -0.25) is 11.3 Å². The van der Waals surface area contributed by atoms with Gasteiger partial charge in [0.1, 0.15) is 0 Å². The summed E-state index contributed by atoms with van der Waals surface area (Å²) in [5, 5.41) is 8.18. The molecule has 0 saturated heterocycles. The third kappa shape index (κ3) is 1.91. The van der Waals surface area contributed by atoms with Gasteiger partial charge in [-0.2, -0.15) is 0 Å². The van der Waals surface area contributed by atoms with Crippen LogP contribution in [0.4, 0.5) is 0 Å². The minimum atomic E-state index is 0.121. The van der Waals surface area contributed by atoms with E-state index >= 15 is 0 Å². The highest BCUT2D eigenvalue weighted by atomic mass is 15.4. The van der Waals surface area contributed by atoms with Gasteiger partial charge in [0, 0.05) is 0 Å². The Bertz CT molecular complexity index is 521. The molecule has 1 heterocycles. The van der Waals surface area contributed by atoms with Crippen LogP contribution >= 0.6 is 0 Å². The van der Waals surface area contributed by atoms with Crippen molar-refractivity contribution in [2.75, 3.05) is 0 Å². The van der Waals surface area contributed by atoms with Crippen LogP contribution < -0.4 is 11.3 Å². The highest BCUT2D eigenvalue weighted by Crippen LogP contribution is 2.46. The summed E-state index contributed by atoms with van der Waals surface area (Å²) in [7, 11) is 0. The first-order valence-corrected chi connectivity index (χ1v) is 6.23. The van der Waals surface area contributed by atoms with Crippen LogP contribution in [0.15, 0.2) is 36.5 Å². The van der Waals surface area contributed by atoms with Crippen molar-refractivity contribution in [1.29, 1.82) is 0 Å². The summed E-state index contributed by atoms with van der Waals surface area (Å²) >= 11 is 0. The molecular formula is C13H17N5. The zero-order valence-electron chi connectivity index (χ0n) is 10.3. The van der Waals surface area contributed by atoms with Crippen molar-refractivity contribution in [3.8, 4) is 5.69 Å². The molecule has 1 fully saturated rings. The Morgan fingerprint density at radius 2 is 2.11 bits per heavy atom. The molecule has 5 heteroatoms. The number of nitrogens with zero attached hydrogens (tertiary/aromatic N) is 3. The van der Waals surface area contributed by atoms with Crippen LogP contribution in [0.3, 0.4) is 0 Å². The number of rotatable bonds is 4. The number of hydrazine groups is 1. The molecule has 1 aromatic heterocycles. The first-order chi connectivity index (χ1) is 8.81. The molecule has 1 saturated carbocycles. The van der Waals surface area contributed by atoms with Crippen LogP contribution in [-0.2, 0) is 0 Å². The van der Waals surface area contributed by atoms with Crippen LogP contribution in [0, 0.1) is 11.8 Å². The van der Waals surface area contributed by atoms with Crippen molar-refractivity contribution >= 4 is 0 Å².